The molecule has 3 rings (SSSR count). The lowest BCUT2D eigenvalue weighted by molar-refractivity contribution is 0.416. The SMILES string of the molecule is Cc1nc(C(C)NC(c2ccccc2)c2ccco2)cs1. The van der Waals surface area contributed by atoms with Crippen LogP contribution < -0.4 is 5.32 Å². The van der Waals surface area contributed by atoms with Crippen LogP contribution in [0.25, 0.3) is 0 Å². The summed E-state index contributed by atoms with van der Waals surface area (Å²) in [5.74, 6) is 0.917. The van der Waals surface area contributed by atoms with Crippen molar-refractivity contribution in [2.75, 3.05) is 0 Å². The highest BCUT2D eigenvalue weighted by atomic mass is 32.1. The van der Waals surface area contributed by atoms with E-state index in [1.165, 1.54) is 5.56 Å². The van der Waals surface area contributed by atoms with Crippen molar-refractivity contribution >= 4 is 11.3 Å². The molecule has 0 saturated carbocycles. The van der Waals surface area contributed by atoms with Gasteiger partial charge in [-0.15, -0.1) is 11.3 Å². The number of nitrogens with zero attached hydrogens (tertiary/aromatic N) is 1. The monoisotopic (exact) mass is 298 g/mol. The summed E-state index contributed by atoms with van der Waals surface area (Å²) < 4.78 is 5.61. The Morgan fingerprint density at radius 1 is 1.14 bits per heavy atom. The molecule has 0 aliphatic carbocycles. The number of aryl methyl sites for hydroxylation is 1. The number of hydrogen-bond donors (Lipinski definition) is 1. The maximum Gasteiger partial charge on any atom is 0.125 e. The van der Waals surface area contributed by atoms with Crippen molar-refractivity contribution in [3.63, 3.8) is 0 Å². The molecule has 108 valence electrons. The topological polar surface area (TPSA) is 38.1 Å². The van der Waals surface area contributed by atoms with Crippen LogP contribution in [0.15, 0.2) is 58.5 Å². The standard InChI is InChI=1S/C17H18N2OS/c1-12(15-11-21-13(2)19-15)18-17(16-9-6-10-20-16)14-7-4-3-5-8-14/h3-12,17-18H,1-2H3. The molecule has 0 saturated heterocycles. The third-order valence-corrected chi connectivity index (χ3v) is 4.25. The Labute approximate surface area is 128 Å². The molecule has 0 aliphatic rings. The zero-order valence-electron chi connectivity index (χ0n) is 12.1. The second-order valence-electron chi connectivity index (χ2n) is 5.04. The number of rotatable bonds is 5. The molecule has 1 N–H and O–H groups in total. The number of benzene rings is 1. The molecule has 2 atom stereocenters. The van der Waals surface area contributed by atoms with Crippen LogP contribution in [0, 0.1) is 6.92 Å². The Morgan fingerprint density at radius 3 is 2.57 bits per heavy atom. The molecule has 2 heterocycles. The van der Waals surface area contributed by atoms with Crippen LogP contribution in [-0.4, -0.2) is 4.98 Å². The molecule has 1 aromatic carbocycles. The first-order valence-corrected chi connectivity index (χ1v) is 7.88. The third-order valence-electron chi connectivity index (χ3n) is 3.46. The van der Waals surface area contributed by atoms with Gasteiger partial charge in [0.2, 0.25) is 0 Å². The van der Waals surface area contributed by atoms with Crippen LogP contribution >= 0.6 is 11.3 Å². The number of aromatic nitrogens is 1. The maximum atomic E-state index is 5.61. The molecular formula is C17H18N2OS. The summed E-state index contributed by atoms with van der Waals surface area (Å²) in [5.41, 5.74) is 2.26. The molecule has 0 spiro atoms. The molecule has 0 radical (unpaired) electrons. The number of nitrogens with one attached hydrogen (secondary N) is 1. The summed E-state index contributed by atoms with van der Waals surface area (Å²) in [6, 6.07) is 14.4. The molecular weight excluding hydrogens is 280 g/mol. The molecule has 0 amide bonds. The van der Waals surface area contributed by atoms with Crippen molar-refractivity contribution in [3.8, 4) is 0 Å². The first-order chi connectivity index (χ1) is 10.2. The molecule has 0 fully saturated rings. The molecule has 4 heteroatoms. The van der Waals surface area contributed by atoms with Crippen molar-refractivity contribution < 1.29 is 4.42 Å². The first kappa shape index (κ1) is 14.0. The molecule has 2 unspecified atom stereocenters. The fourth-order valence-electron chi connectivity index (χ4n) is 2.36. The van der Waals surface area contributed by atoms with Gasteiger partial charge >= 0.3 is 0 Å². The average molecular weight is 298 g/mol. The summed E-state index contributed by atoms with van der Waals surface area (Å²) in [5, 5.41) is 6.81. The molecule has 0 bridgehead atoms. The van der Waals surface area contributed by atoms with Crippen molar-refractivity contribution in [1.29, 1.82) is 0 Å². The van der Waals surface area contributed by atoms with E-state index in [-0.39, 0.29) is 12.1 Å². The Bertz CT molecular complexity index is 676. The predicted octanol–water partition coefficient (Wildman–Crippen LogP) is 4.48. The van der Waals surface area contributed by atoms with E-state index in [2.05, 4.69) is 34.7 Å². The molecule has 3 aromatic rings. The van der Waals surface area contributed by atoms with E-state index < -0.39 is 0 Å². The highest BCUT2D eigenvalue weighted by molar-refractivity contribution is 7.09. The third kappa shape index (κ3) is 3.23. The summed E-state index contributed by atoms with van der Waals surface area (Å²) in [7, 11) is 0. The zero-order valence-corrected chi connectivity index (χ0v) is 12.9. The van der Waals surface area contributed by atoms with Crippen molar-refractivity contribution in [2.45, 2.75) is 25.9 Å². The van der Waals surface area contributed by atoms with Gasteiger partial charge in [-0.1, -0.05) is 30.3 Å². The van der Waals surface area contributed by atoms with Gasteiger partial charge in [-0.2, -0.15) is 0 Å². The van der Waals surface area contributed by atoms with Gasteiger partial charge in [-0.3, -0.25) is 5.32 Å². The lowest BCUT2D eigenvalue weighted by atomic mass is 10.0. The summed E-state index contributed by atoms with van der Waals surface area (Å²) in [4.78, 5) is 4.56. The number of thiazole rings is 1. The van der Waals surface area contributed by atoms with E-state index in [4.69, 9.17) is 4.42 Å². The van der Waals surface area contributed by atoms with E-state index >= 15 is 0 Å². The molecule has 3 nitrogen and oxygen atoms in total. The Morgan fingerprint density at radius 2 is 1.95 bits per heavy atom. The van der Waals surface area contributed by atoms with Gasteiger partial charge in [0.1, 0.15) is 5.76 Å². The summed E-state index contributed by atoms with van der Waals surface area (Å²) in [6.07, 6.45) is 1.71. The van der Waals surface area contributed by atoms with Crippen LogP contribution in [-0.2, 0) is 0 Å². The average Bonchev–Trinajstić information content (AvgIpc) is 3.17. The first-order valence-electron chi connectivity index (χ1n) is 7.00. The fraction of sp³-hybridized carbons (Fsp3) is 0.235. The maximum absolute atomic E-state index is 5.61. The van der Waals surface area contributed by atoms with Crippen LogP contribution in [0.5, 0.6) is 0 Å². The normalized spacial score (nSPS) is 14.0. The van der Waals surface area contributed by atoms with Gasteiger partial charge in [-0.05, 0) is 31.5 Å². The number of furan rings is 1. The Hall–Kier alpha value is -1.91. The van der Waals surface area contributed by atoms with Crippen LogP contribution in [0.1, 0.15) is 41.0 Å². The molecule has 0 aliphatic heterocycles. The van der Waals surface area contributed by atoms with Gasteiger partial charge in [0.15, 0.2) is 0 Å². The fourth-order valence-corrected chi connectivity index (χ4v) is 3.06. The quantitative estimate of drug-likeness (QED) is 0.754. The Balaban J connectivity index is 1.86. The van der Waals surface area contributed by atoms with Gasteiger partial charge in [-0.25, -0.2) is 4.98 Å². The van der Waals surface area contributed by atoms with Crippen molar-refractivity contribution in [1.82, 2.24) is 10.3 Å². The number of hydrogen-bond acceptors (Lipinski definition) is 4. The van der Waals surface area contributed by atoms with E-state index in [0.29, 0.717) is 0 Å². The Kier molecular flexibility index (Phi) is 4.18. The second kappa shape index (κ2) is 6.24. The predicted molar refractivity (Wildman–Crippen MR) is 85.4 cm³/mol. The van der Waals surface area contributed by atoms with Crippen molar-refractivity contribution in [3.05, 3.63) is 76.1 Å². The van der Waals surface area contributed by atoms with Gasteiger partial charge in [0, 0.05) is 11.4 Å². The van der Waals surface area contributed by atoms with Crippen LogP contribution in [0.2, 0.25) is 0 Å². The van der Waals surface area contributed by atoms with E-state index in [1.54, 1.807) is 17.6 Å². The van der Waals surface area contributed by atoms with Gasteiger partial charge in [0.25, 0.3) is 0 Å². The highest BCUT2D eigenvalue weighted by Crippen LogP contribution is 2.26. The minimum absolute atomic E-state index is 0.0261. The smallest absolute Gasteiger partial charge is 0.125 e. The lowest BCUT2D eigenvalue weighted by Crippen LogP contribution is -2.25. The van der Waals surface area contributed by atoms with Crippen LogP contribution in [0.3, 0.4) is 0 Å². The zero-order chi connectivity index (χ0) is 14.7. The van der Waals surface area contributed by atoms with Gasteiger partial charge < -0.3 is 4.42 Å². The van der Waals surface area contributed by atoms with E-state index in [1.807, 2.05) is 37.3 Å². The highest BCUT2D eigenvalue weighted by Gasteiger charge is 2.20. The largest absolute Gasteiger partial charge is 0.467 e. The van der Waals surface area contributed by atoms with Gasteiger partial charge in [0.05, 0.1) is 23.0 Å². The lowest BCUT2D eigenvalue weighted by Gasteiger charge is -2.21. The van der Waals surface area contributed by atoms with E-state index in [0.717, 1.165) is 16.5 Å². The van der Waals surface area contributed by atoms with Crippen LogP contribution in [0.4, 0.5) is 0 Å². The van der Waals surface area contributed by atoms with Crippen molar-refractivity contribution in [2.24, 2.45) is 0 Å². The second-order valence-corrected chi connectivity index (χ2v) is 6.10. The summed E-state index contributed by atoms with van der Waals surface area (Å²) in [6.45, 7) is 4.16. The molecule has 2 aromatic heterocycles. The molecule has 21 heavy (non-hydrogen) atoms. The minimum atomic E-state index is 0.0261. The van der Waals surface area contributed by atoms with E-state index in [9.17, 15) is 0 Å². The minimum Gasteiger partial charge on any atom is -0.467 e. The summed E-state index contributed by atoms with van der Waals surface area (Å²) >= 11 is 1.68.